The number of hydrogen-bond donors (Lipinski definition) is 1. The van der Waals surface area contributed by atoms with Crippen LogP contribution in [0.2, 0.25) is 0 Å². The molecule has 0 spiro atoms. The molecule has 1 aromatic carbocycles. The average Bonchev–Trinajstić information content (AvgIpc) is 2.23. The summed E-state index contributed by atoms with van der Waals surface area (Å²) in [7, 11) is 0. The maximum Gasteiger partial charge on any atom is 0.389 e. The van der Waals surface area contributed by atoms with Crippen molar-refractivity contribution in [3.05, 3.63) is 29.8 Å². The van der Waals surface area contributed by atoms with Crippen LogP contribution in [0.4, 0.5) is 18.9 Å². The van der Waals surface area contributed by atoms with Crippen LogP contribution in [0.3, 0.4) is 0 Å². The van der Waals surface area contributed by atoms with Crippen LogP contribution in [0.5, 0.6) is 0 Å². The van der Waals surface area contributed by atoms with Gasteiger partial charge in [0, 0.05) is 18.7 Å². The standard InChI is InChI=1S/C12H15ClF3N/c1-9(13)10-5-2-3-6-11(10)17-8-4-7-12(14,15)16/h2-3,5-6,9,17H,4,7-8H2,1H3. The van der Waals surface area contributed by atoms with Crippen LogP contribution in [0.1, 0.15) is 30.7 Å². The molecule has 0 bridgehead atoms. The molecule has 0 aliphatic carbocycles. The van der Waals surface area contributed by atoms with E-state index in [1.165, 1.54) is 0 Å². The van der Waals surface area contributed by atoms with Gasteiger partial charge >= 0.3 is 6.18 Å². The Morgan fingerprint density at radius 3 is 2.53 bits per heavy atom. The molecule has 1 nitrogen and oxygen atoms in total. The minimum atomic E-state index is -4.08. The van der Waals surface area contributed by atoms with Crippen molar-refractivity contribution in [2.75, 3.05) is 11.9 Å². The summed E-state index contributed by atoms with van der Waals surface area (Å²) in [5.41, 5.74) is 1.71. The number of nitrogens with one attached hydrogen (secondary N) is 1. The van der Waals surface area contributed by atoms with Crippen LogP contribution < -0.4 is 5.32 Å². The van der Waals surface area contributed by atoms with Crippen molar-refractivity contribution >= 4 is 17.3 Å². The Morgan fingerprint density at radius 1 is 1.29 bits per heavy atom. The summed E-state index contributed by atoms with van der Waals surface area (Å²) in [5.74, 6) is 0. The van der Waals surface area contributed by atoms with Gasteiger partial charge in [0.25, 0.3) is 0 Å². The Balaban J connectivity index is 2.47. The van der Waals surface area contributed by atoms with E-state index in [1.54, 1.807) is 0 Å². The largest absolute Gasteiger partial charge is 0.389 e. The average molecular weight is 266 g/mol. The van der Waals surface area contributed by atoms with E-state index in [1.807, 2.05) is 31.2 Å². The van der Waals surface area contributed by atoms with E-state index in [4.69, 9.17) is 11.6 Å². The summed E-state index contributed by atoms with van der Waals surface area (Å²) in [6.45, 7) is 2.12. The first kappa shape index (κ1) is 14.2. The number of rotatable bonds is 5. The van der Waals surface area contributed by atoms with Crippen molar-refractivity contribution in [1.29, 1.82) is 0 Å². The highest BCUT2D eigenvalue weighted by Gasteiger charge is 2.25. The van der Waals surface area contributed by atoms with E-state index in [0.717, 1.165) is 11.3 Å². The predicted octanol–water partition coefficient (Wildman–Crippen LogP) is 4.74. The van der Waals surface area contributed by atoms with Crippen LogP contribution in [-0.2, 0) is 0 Å². The molecule has 0 heterocycles. The van der Waals surface area contributed by atoms with E-state index < -0.39 is 12.6 Å². The number of hydrogen-bond acceptors (Lipinski definition) is 1. The van der Waals surface area contributed by atoms with Crippen LogP contribution in [0, 0.1) is 0 Å². The smallest absolute Gasteiger partial charge is 0.385 e. The Labute approximate surface area is 104 Å². The van der Waals surface area contributed by atoms with Gasteiger partial charge in [-0.25, -0.2) is 0 Å². The Hall–Kier alpha value is -0.900. The van der Waals surface area contributed by atoms with Crippen LogP contribution in [0.25, 0.3) is 0 Å². The molecule has 1 unspecified atom stereocenters. The second kappa shape index (κ2) is 6.15. The fraction of sp³-hybridized carbons (Fsp3) is 0.500. The summed E-state index contributed by atoms with van der Waals surface area (Å²) in [5, 5.41) is 2.82. The van der Waals surface area contributed by atoms with Gasteiger partial charge in [0.15, 0.2) is 0 Å². The summed E-state index contributed by atoms with van der Waals surface area (Å²) in [6.07, 6.45) is -4.78. The van der Waals surface area contributed by atoms with Gasteiger partial charge in [0.2, 0.25) is 0 Å². The lowest BCUT2D eigenvalue weighted by molar-refractivity contribution is -0.134. The Morgan fingerprint density at radius 2 is 1.94 bits per heavy atom. The van der Waals surface area contributed by atoms with E-state index in [9.17, 15) is 13.2 Å². The minimum absolute atomic E-state index is 0.0640. The number of benzene rings is 1. The minimum Gasteiger partial charge on any atom is -0.385 e. The third-order valence-electron chi connectivity index (χ3n) is 2.34. The molecule has 0 fully saturated rings. The highest BCUT2D eigenvalue weighted by atomic mass is 35.5. The van der Waals surface area contributed by atoms with Gasteiger partial charge in [-0.15, -0.1) is 11.6 Å². The SMILES string of the molecule is CC(Cl)c1ccccc1NCCCC(F)(F)F. The maximum atomic E-state index is 11.9. The molecule has 96 valence electrons. The van der Waals surface area contributed by atoms with Gasteiger partial charge in [-0.05, 0) is 25.0 Å². The zero-order valence-corrected chi connectivity index (χ0v) is 10.3. The second-order valence-electron chi connectivity index (χ2n) is 3.85. The predicted molar refractivity (Wildman–Crippen MR) is 64.5 cm³/mol. The first-order valence-electron chi connectivity index (χ1n) is 5.44. The molecule has 17 heavy (non-hydrogen) atoms. The molecule has 0 radical (unpaired) electrons. The zero-order valence-electron chi connectivity index (χ0n) is 9.52. The second-order valence-corrected chi connectivity index (χ2v) is 4.50. The molecule has 1 rings (SSSR count). The van der Waals surface area contributed by atoms with Crippen molar-refractivity contribution in [3.63, 3.8) is 0 Å². The number of para-hydroxylation sites is 1. The van der Waals surface area contributed by atoms with Crippen molar-refractivity contribution in [3.8, 4) is 0 Å². The lowest BCUT2D eigenvalue weighted by atomic mass is 10.1. The van der Waals surface area contributed by atoms with Gasteiger partial charge in [-0.3, -0.25) is 0 Å². The molecule has 0 amide bonds. The molecule has 0 aliphatic heterocycles. The van der Waals surface area contributed by atoms with Gasteiger partial charge in [-0.1, -0.05) is 18.2 Å². The quantitative estimate of drug-likeness (QED) is 0.599. The number of anilines is 1. The fourth-order valence-electron chi connectivity index (χ4n) is 1.52. The maximum absolute atomic E-state index is 11.9. The highest BCUT2D eigenvalue weighted by molar-refractivity contribution is 6.21. The molecule has 0 saturated carbocycles. The van der Waals surface area contributed by atoms with Crippen LogP contribution in [0.15, 0.2) is 24.3 Å². The molecule has 1 aromatic rings. The molecule has 0 aromatic heterocycles. The summed E-state index contributed by atoms with van der Waals surface area (Å²) in [6, 6.07) is 7.37. The summed E-state index contributed by atoms with van der Waals surface area (Å²) < 4.78 is 35.8. The molecule has 0 aliphatic rings. The summed E-state index contributed by atoms with van der Waals surface area (Å²) in [4.78, 5) is 0. The lowest BCUT2D eigenvalue weighted by Crippen LogP contribution is -2.11. The van der Waals surface area contributed by atoms with E-state index in [-0.39, 0.29) is 11.8 Å². The van der Waals surface area contributed by atoms with E-state index in [2.05, 4.69) is 5.32 Å². The molecule has 1 atom stereocenters. The molecule has 1 N–H and O–H groups in total. The van der Waals surface area contributed by atoms with E-state index >= 15 is 0 Å². The van der Waals surface area contributed by atoms with Gasteiger partial charge < -0.3 is 5.32 Å². The van der Waals surface area contributed by atoms with Gasteiger partial charge in [0.05, 0.1) is 5.38 Å². The van der Waals surface area contributed by atoms with Gasteiger partial charge in [-0.2, -0.15) is 13.2 Å². The van der Waals surface area contributed by atoms with Crippen molar-refractivity contribution in [2.45, 2.75) is 31.3 Å². The molecular weight excluding hydrogens is 251 g/mol. The third kappa shape index (κ3) is 5.31. The van der Waals surface area contributed by atoms with Crippen LogP contribution >= 0.6 is 11.6 Å². The number of halogens is 4. The fourth-order valence-corrected chi connectivity index (χ4v) is 1.71. The van der Waals surface area contributed by atoms with Crippen molar-refractivity contribution in [2.24, 2.45) is 0 Å². The zero-order chi connectivity index (χ0) is 12.9. The van der Waals surface area contributed by atoms with E-state index in [0.29, 0.717) is 6.54 Å². The lowest BCUT2D eigenvalue weighted by Gasteiger charge is -2.13. The van der Waals surface area contributed by atoms with Gasteiger partial charge in [0.1, 0.15) is 0 Å². The first-order valence-corrected chi connectivity index (χ1v) is 5.87. The summed E-state index contributed by atoms with van der Waals surface area (Å²) >= 11 is 5.97. The van der Waals surface area contributed by atoms with Crippen molar-refractivity contribution in [1.82, 2.24) is 0 Å². The first-order chi connectivity index (χ1) is 7.90. The number of alkyl halides is 4. The highest BCUT2D eigenvalue weighted by Crippen LogP contribution is 2.27. The van der Waals surface area contributed by atoms with Crippen LogP contribution in [-0.4, -0.2) is 12.7 Å². The molecule has 0 saturated heterocycles. The Kier molecular flexibility index (Phi) is 5.12. The molecule has 5 heteroatoms. The van der Waals surface area contributed by atoms with Crippen molar-refractivity contribution < 1.29 is 13.2 Å². The monoisotopic (exact) mass is 265 g/mol. The Bertz CT molecular complexity index is 350. The topological polar surface area (TPSA) is 12.0 Å². The molecular formula is C12H15ClF3N. The third-order valence-corrected chi connectivity index (χ3v) is 2.58. The normalized spacial score (nSPS) is 13.5.